The molecule has 8 nitrogen and oxygen atoms in total. The van der Waals surface area contributed by atoms with Gasteiger partial charge in [-0.25, -0.2) is 0 Å². The Morgan fingerprint density at radius 2 is 1.68 bits per heavy atom. The summed E-state index contributed by atoms with van der Waals surface area (Å²) in [7, 11) is 0. The average molecular weight is 590 g/mol. The van der Waals surface area contributed by atoms with Crippen molar-refractivity contribution in [3.05, 3.63) is 40.4 Å². The van der Waals surface area contributed by atoms with E-state index in [9.17, 15) is 14.4 Å². The molecule has 3 amide bonds. The fraction of sp³-hybridized carbons (Fsp3) is 0.633. The number of likely N-dealkylation sites (tertiary alicyclic amines) is 2. The zero-order chi connectivity index (χ0) is 27.9. The number of nitrogens with one attached hydrogen (secondary N) is 2. The molecule has 40 heavy (non-hydrogen) atoms. The lowest BCUT2D eigenvalue weighted by atomic mass is 9.74. The van der Waals surface area contributed by atoms with Crippen LogP contribution in [0.4, 0.5) is 5.69 Å². The van der Waals surface area contributed by atoms with Crippen LogP contribution in [0.1, 0.15) is 57.8 Å². The highest BCUT2D eigenvalue weighted by Crippen LogP contribution is 2.55. The average Bonchev–Trinajstić information content (AvgIpc) is 3.49. The molecule has 0 unspecified atom stereocenters. The van der Waals surface area contributed by atoms with Crippen molar-refractivity contribution in [3.8, 4) is 0 Å². The smallest absolute Gasteiger partial charge is 0.246 e. The number of ether oxygens (including phenoxy) is 1. The number of hydrogen-bond donors (Lipinski definition) is 2. The summed E-state index contributed by atoms with van der Waals surface area (Å²) in [6, 6.07) is 4.19. The molecule has 1 aromatic rings. The van der Waals surface area contributed by atoms with Crippen LogP contribution in [0, 0.1) is 11.8 Å². The van der Waals surface area contributed by atoms with Crippen molar-refractivity contribution in [3.63, 3.8) is 0 Å². The minimum absolute atomic E-state index is 0.107. The van der Waals surface area contributed by atoms with E-state index in [1.165, 1.54) is 19.3 Å². The Morgan fingerprint density at radius 1 is 0.950 bits per heavy atom. The van der Waals surface area contributed by atoms with Crippen molar-refractivity contribution in [1.82, 2.24) is 15.1 Å². The van der Waals surface area contributed by atoms with Crippen LogP contribution >= 0.6 is 23.2 Å². The lowest BCUT2D eigenvalue weighted by molar-refractivity contribution is -0.141. The number of hydrogen-bond acceptors (Lipinski definition) is 5. The van der Waals surface area contributed by atoms with Crippen molar-refractivity contribution in [2.24, 2.45) is 11.8 Å². The highest BCUT2D eigenvalue weighted by atomic mass is 35.5. The molecule has 1 aliphatic carbocycles. The van der Waals surface area contributed by atoms with Gasteiger partial charge in [0.15, 0.2) is 0 Å². The van der Waals surface area contributed by atoms with Gasteiger partial charge in [0.1, 0.15) is 11.6 Å². The molecule has 4 fully saturated rings. The van der Waals surface area contributed by atoms with Crippen LogP contribution in [0.5, 0.6) is 0 Å². The molecular weight excluding hydrogens is 551 g/mol. The molecule has 1 saturated carbocycles. The lowest BCUT2D eigenvalue weighted by Gasteiger charge is -2.35. The fourth-order valence-corrected chi connectivity index (χ4v) is 7.74. The zero-order valence-electron chi connectivity index (χ0n) is 22.7. The Balaban J connectivity index is 1.26. The maximum atomic E-state index is 14.2. The molecule has 5 atom stereocenters. The normalized spacial score (nSPS) is 32.2. The van der Waals surface area contributed by atoms with Gasteiger partial charge in [-0.3, -0.25) is 14.4 Å². The van der Waals surface area contributed by atoms with Gasteiger partial charge in [-0.2, -0.15) is 0 Å². The molecule has 216 valence electrons. The van der Waals surface area contributed by atoms with Gasteiger partial charge in [0.05, 0.1) is 28.0 Å². The van der Waals surface area contributed by atoms with Crippen molar-refractivity contribution in [1.29, 1.82) is 0 Å². The van der Waals surface area contributed by atoms with E-state index in [0.717, 1.165) is 51.6 Å². The summed E-state index contributed by atoms with van der Waals surface area (Å²) in [5, 5.41) is 6.88. The summed E-state index contributed by atoms with van der Waals surface area (Å²) >= 11 is 12.2. The summed E-state index contributed by atoms with van der Waals surface area (Å²) in [5.41, 5.74) is -0.658. The molecule has 0 aromatic heterocycles. The molecule has 2 bridgehead atoms. The van der Waals surface area contributed by atoms with Crippen molar-refractivity contribution < 1.29 is 19.1 Å². The van der Waals surface area contributed by atoms with E-state index >= 15 is 0 Å². The third kappa shape index (κ3) is 5.17. The Bertz CT molecular complexity index is 1180. The van der Waals surface area contributed by atoms with E-state index in [2.05, 4.69) is 15.5 Å². The van der Waals surface area contributed by atoms with Crippen LogP contribution in [0.2, 0.25) is 10.0 Å². The second kappa shape index (κ2) is 11.6. The van der Waals surface area contributed by atoms with Gasteiger partial charge >= 0.3 is 0 Å². The summed E-state index contributed by atoms with van der Waals surface area (Å²) < 4.78 is 6.48. The quantitative estimate of drug-likeness (QED) is 0.460. The molecule has 1 spiro atoms. The second-order valence-electron chi connectivity index (χ2n) is 12.0. The number of carbonyl (C=O) groups excluding carboxylic acids is 3. The standard InChI is InChI=1S/C30H38Cl2N4O4/c31-21-11-10-20(18-22(21)32)34-27(37)24-23-12-13-30(40-23)25(24)29(39)36(17-16-35-14-6-1-2-7-15-35)26(30)28(38)33-19-8-4-3-5-9-19/h10-13,18-19,23-26H,1-9,14-17H2,(H,33,38)(H,34,37)/t23-,24-,25-,26+,30-/m0/s1. The number of carbonyl (C=O) groups is 3. The van der Waals surface area contributed by atoms with Crippen LogP contribution in [0.25, 0.3) is 0 Å². The monoisotopic (exact) mass is 588 g/mol. The van der Waals surface area contributed by atoms with Gasteiger partial charge in [-0.05, 0) is 57.0 Å². The van der Waals surface area contributed by atoms with Crippen LogP contribution in [-0.4, -0.2) is 77.5 Å². The molecule has 3 saturated heterocycles. The first-order chi connectivity index (χ1) is 19.4. The molecule has 6 rings (SSSR count). The topological polar surface area (TPSA) is 91.0 Å². The lowest BCUT2D eigenvalue weighted by Crippen LogP contribution is -2.57. The van der Waals surface area contributed by atoms with Crippen LogP contribution in [-0.2, 0) is 19.1 Å². The molecule has 4 heterocycles. The molecule has 4 aliphatic heterocycles. The predicted molar refractivity (Wildman–Crippen MR) is 154 cm³/mol. The molecule has 0 radical (unpaired) electrons. The van der Waals surface area contributed by atoms with Gasteiger partial charge < -0.3 is 25.2 Å². The first kappa shape index (κ1) is 28.0. The highest BCUT2D eigenvalue weighted by molar-refractivity contribution is 6.42. The van der Waals surface area contributed by atoms with E-state index in [1.54, 1.807) is 23.1 Å². The zero-order valence-corrected chi connectivity index (χ0v) is 24.3. The predicted octanol–water partition coefficient (Wildman–Crippen LogP) is 4.41. The number of anilines is 1. The summed E-state index contributed by atoms with van der Waals surface area (Å²) in [6.07, 6.45) is 13.2. The summed E-state index contributed by atoms with van der Waals surface area (Å²) in [5.74, 6) is -2.19. The molecular formula is C30H38Cl2N4O4. The van der Waals surface area contributed by atoms with Gasteiger partial charge in [-0.15, -0.1) is 0 Å². The fourth-order valence-electron chi connectivity index (χ4n) is 7.44. The Hall–Kier alpha value is -2.13. The molecule has 10 heteroatoms. The summed E-state index contributed by atoms with van der Waals surface area (Å²) in [4.78, 5) is 45.9. The molecule has 1 aromatic carbocycles. The Kier molecular flexibility index (Phi) is 8.14. The third-order valence-electron chi connectivity index (χ3n) is 9.42. The van der Waals surface area contributed by atoms with Gasteiger partial charge in [0.25, 0.3) is 0 Å². The van der Waals surface area contributed by atoms with E-state index in [4.69, 9.17) is 27.9 Å². The number of amides is 3. The van der Waals surface area contributed by atoms with Gasteiger partial charge in [-0.1, -0.05) is 67.5 Å². The number of benzene rings is 1. The first-order valence-electron chi connectivity index (χ1n) is 14.8. The van der Waals surface area contributed by atoms with Crippen LogP contribution < -0.4 is 10.6 Å². The van der Waals surface area contributed by atoms with E-state index < -0.39 is 29.6 Å². The van der Waals surface area contributed by atoms with E-state index in [-0.39, 0.29) is 23.8 Å². The van der Waals surface area contributed by atoms with Gasteiger partial charge in [0.2, 0.25) is 17.7 Å². The highest BCUT2D eigenvalue weighted by Gasteiger charge is 2.72. The SMILES string of the molecule is O=C(Nc1ccc(Cl)c(Cl)c1)[C@H]1[C@@H]2C=C[C@]3(O2)[C@@H]1C(=O)N(CCN1CCCCCC1)[C@@H]3C(=O)NC1CCCCC1. The number of nitrogens with zero attached hydrogens (tertiary/aromatic N) is 2. The maximum absolute atomic E-state index is 14.2. The van der Waals surface area contributed by atoms with Crippen LogP contribution in [0.15, 0.2) is 30.4 Å². The number of fused-ring (bicyclic) bond motifs is 1. The van der Waals surface area contributed by atoms with E-state index in [1.807, 2.05) is 12.2 Å². The third-order valence-corrected chi connectivity index (χ3v) is 10.2. The summed E-state index contributed by atoms with van der Waals surface area (Å²) in [6.45, 7) is 3.14. The Labute approximate surface area is 245 Å². The first-order valence-corrected chi connectivity index (χ1v) is 15.6. The molecule has 5 aliphatic rings. The molecule has 2 N–H and O–H groups in total. The van der Waals surface area contributed by atoms with E-state index in [0.29, 0.717) is 28.8 Å². The van der Waals surface area contributed by atoms with Gasteiger partial charge in [0, 0.05) is 24.8 Å². The number of halogens is 2. The largest absolute Gasteiger partial charge is 0.359 e. The van der Waals surface area contributed by atoms with Crippen molar-refractivity contribution in [2.45, 2.75) is 81.6 Å². The van der Waals surface area contributed by atoms with Crippen molar-refractivity contribution >= 4 is 46.6 Å². The minimum Gasteiger partial charge on any atom is -0.359 e. The maximum Gasteiger partial charge on any atom is 0.246 e. The minimum atomic E-state index is -1.15. The Morgan fingerprint density at radius 3 is 2.40 bits per heavy atom. The van der Waals surface area contributed by atoms with Crippen LogP contribution in [0.3, 0.4) is 0 Å². The number of rotatable bonds is 7. The second-order valence-corrected chi connectivity index (χ2v) is 12.8. The van der Waals surface area contributed by atoms with Crippen molar-refractivity contribution in [2.75, 3.05) is 31.5 Å².